The summed E-state index contributed by atoms with van der Waals surface area (Å²) in [4.78, 5) is 29.3. The van der Waals surface area contributed by atoms with Crippen molar-refractivity contribution in [1.82, 2.24) is 4.90 Å². The number of aromatic carboxylic acids is 1. The molecule has 1 saturated heterocycles. The zero-order chi connectivity index (χ0) is 19.4. The fourth-order valence-corrected chi connectivity index (χ4v) is 3.44. The predicted octanol–water partition coefficient (Wildman–Crippen LogP) is 2.16. The highest BCUT2D eigenvalue weighted by Crippen LogP contribution is 2.31. The van der Waals surface area contributed by atoms with Crippen LogP contribution in [-0.2, 0) is 11.4 Å². The molecule has 3 rings (SSSR count). The van der Waals surface area contributed by atoms with Crippen LogP contribution in [0.25, 0.3) is 6.08 Å². The molecular formula is C20H17N2O4S-. The maximum Gasteiger partial charge on any atom is 0.266 e. The Morgan fingerprint density at radius 3 is 2.63 bits per heavy atom. The number of hydrogen-bond acceptors (Lipinski definition) is 6. The van der Waals surface area contributed by atoms with E-state index in [2.05, 4.69) is 4.99 Å². The van der Waals surface area contributed by atoms with Gasteiger partial charge in [-0.15, -0.1) is 0 Å². The van der Waals surface area contributed by atoms with Gasteiger partial charge in [-0.3, -0.25) is 14.7 Å². The van der Waals surface area contributed by atoms with Gasteiger partial charge in [0.15, 0.2) is 5.17 Å². The number of carboxylic acid groups (broad SMARTS) is 1. The van der Waals surface area contributed by atoms with Crippen LogP contribution in [0.4, 0.5) is 0 Å². The van der Waals surface area contributed by atoms with E-state index in [0.717, 1.165) is 11.1 Å². The molecule has 138 valence electrons. The Morgan fingerprint density at radius 1 is 1.26 bits per heavy atom. The van der Waals surface area contributed by atoms with E-state index in [1.165, 1.54) is 28.8 Å². The minimum absolute atomic E-state index is 0.0753. The topological polar surface area (TPSA) is 82.0 Å². The number of rotatable bonds is 5. The third-order valence-corrected chi connectivity index (χ3v) is 5.09. The molecule has 1 amide bonds. The maximum atomic E-state index is 12.2. The van der Waals surface area contributed by atoms with Crippen LogP contribution in [-0.4, -0.2) is 36.0 Å². The van der Waals surface area contributed by atoms with E-state index in [-0.39, 0.29) is 18.1 Å². The van der Waals surface area contributed by atoms with Gasteiger partial charge >= 0.3 is 0 Å². The Labute approximate surface area is 161 Å². The van der Waals surface area contributed by atoms with Crippen molar-refractivity contribution in [3.63, 3.8) is 0 Å². The average molecular weight is 381 g/mol. The first kappa shape index (κ1) is 18.7. The highest BCUT2D eigenvalue weighted by Gasteiger charge is 2.29. The molecule has 0 atom stereocenters. The van der Waals surface area contributed by atoms with Crippen LogP contribution in [0, 0.1) is 0 Å². The molecule has 0 saturated carbocycles. The summed E-state index contributed by atoms with van der Waals surface area (Å²) >= 11 is 1.34. The lowest BCUT2D eigenvalue weighted by Crippen LogP contribution is -2.23. The van der Waals surface area contributed by atoms with E-state index >= 15 is 0 Å². The van der Waals surface area contributed by atoms with E-state index in [4.69, 9.17) is 4.74 Å². The van der Waals surface area contributed by atoms with Crippen molar-refractivity contribution in [2.24, 2.45) is 4.99 Å². The van der Waals surface area contributed by atoms with Gasteiger partial charge in [-0.2, -0.15) is 0 Å². The fraction of sp³-hybridized carbons (Fsp3) is 0.150. The molecule has 2 aromatic carbocycles. The number of carbonyl (C=O) groups excluding carboxylic acids is 2. The number of ether oxygens (including phenoxy) is 1. The van der Waals surface area contributed by atoms with Gasteiger partial charge in [0.05, 0.1) is 10.9 Å². The van der Waals surface area contributed by atoms with Crippen LogP contribution in [0.15, 0.2) is 58.4 Å². The summed E-state index contributed by atoms with van der Waals surface area (Å²) in [6, 6.07) is 13.8. The van der Waals surface area contributed by atoms with Crippen molar-refractivity contribution in [2.45, 2.75) is 6.61 Å². The zero-order valence-electron chi connectivity index (χ0n) is 14.8. The summed E-state index contributed by atoms with van der Waals surface area (Å²) < 4.78 is 5.69. The number of hydrogen-bond donors (Lipinski definition) is 0. The molecule has 1 aliphatic rings. The van der Waals surface area contributed by atoms with E-state index in [1.807, 2.05) is 18.2 Å². The molecule has 1 aliphatic heterocycles. The maximum absolute atomic E-state index is 12.2. The highest BCUT2D eigenvalue weighted by atomic mass is 32.2. The number of thioether (sulfide) groups is 1. The third kappa shape index (κ3) is 4.38. The van der Waals surface area contributed by atoms with Gasteiger partial charge in [-0.1, -0.05) is 30.3 Å². The Balaban J connectivity index is 1.66. The molecule has 1 heterocycles. The first-order valence-corrected chi connectivity index (χ1v) is 8.97. The van der Waals surface area contributed by atoms with Gasteiger partial charge in [-0.05, 0) is 52.7 Å². The first-order valence-electron chi connectivity index (χ1n) is 8.15. The van der Waals surface area contributed by atoms with Crippen LogP contribution in [0.3, 0.4) is 0 Å². The van der Waals surface area contributed by atoms with Crippen LogP contribution in [0.2, 0.25) is 0 Å². The van der Waals surface area contributed by atoms with E-state index in [9.17, 15) is 14.7 Å². The summed E-state index contributed by atoms with van der Waals surface area (Å²) in [5.74, 6) is -0.640. The Kier molecular flexibility index (Phi) is 5.61. The third-order valence-electron chi connectivity index (χ3n) is 3.94. The Bertz CT molecular complexity index is 935. The second-order valence-electron chi connectivity index (χ2n) is 5.83. The molecule has 0 unspecified atom stereocenters. The van der Waals surface area contributed by atoms with Gasteiger partial charge < -0.3 is 14.6 Å². The van der Waals surface area contributed by atoms with Crippen molar-refractivity contribution >= 4 is 34.9 Å². The number of likely N-dealkylation sites (N-methyl/N-ethyl adjacent to an activating group) is 1. The zero-order valence-corrected chi connectivity index (χ0v) is 15.7. The predicted molar refractivity (Wildman–Crippen MR) is 103 cm³/mol. The van der Waals surface area contributed by atoms with E-state index in [0.29, 0.717) is 15.8 Å². The number of carbonyl (C=O) groups is 2. The Hall–Kier alpha value is -3.06. The molecule has 0 spiro atoms. The summed E-state index contributed by atoms with van der Waals surface area (Å²) in [7, 11) is 3.36. The van der Waals surface area contributed by atoms with Crippen molar-refractivity contribution in [1.29, 1.82) is 0 Å². The molecule has 7 heteroatoms. The first-order chi connectivity index (χ1) is 13.0. The molecule has 0 N–H and O–H groups in total. The monoisotopic (exact) mass is 381 g/mol. The minimum atomic E-state index is -1.21. The molecule has 27 heavy (non-hydrogen) atoms. The molecule has 6 nitrogen and oxygen atoms in total. The van der Waals surface area contributed by atoms with E-state index in [1.54, 1.807) is 38.4 Å². The number of aliphatic imine (C=N–C) groups is 1. The number of nitrogens with zero attached hydrogens (tertiary/aromatic N) is 2. The summed E-state index contributed by atoms with van der Waals surface area (Å²) in [5.41, 5.74) is 1.74. The standard InChI is InChI=1S/C20H18N2O4S/c1-21-20-22(2)18(23)17(27-20)11-13-6-8-16(9-7-13)26-12-14-4-3-5-15(10-14)19(24)25/h3-11H,12H2,1-2H3,(H,24,25)/p-1/b17-11+,21-20?. The number of benzene rings is 2. The average Bonchev–Trinajstić information content (AvgIpc) is 2.95. The second kappa shape index (κ2) is 8.09. The molecule has 2 aromatic rings. The van der Waals surface area contributed by atoms with Crippen LogP contribution < -0.4 is 9.84 Å². The van der Waals surface area contributed by atoms with Crippen molar-refractivity contribution in [3.05, 3.63) is 70.1 Å². The Morgan fingerprint density at radius 2 is 2.00 bits per heavy atom. The molecule has 0 aliphatic carbocycles. The SMILES string of the molecule is CN=C1S/C(=C/c2ccc(OCc3cccc(C(=O)[O-])c3)cc2)C(=O)N1C. The van der Waals surface area contributed by atoms with Gasteiger partial charge in [0.1, 0.15) is 12.4 Å². The molecule has 0 aromatic heterocycles. The number of amidine groups is 1. The lowest BCUT2D eigenvalue weighted by molar-refractivity contribution is -0.255. The number of amides is 1. The normalized spacial score (nSPS) is 17.0. The number of carboxylic acids is 1. The summed E-state index contributed by atoms with van der Waals surface area (Å²) in [5, 5.41) is 11.6. The largest absolute Gasteiger partial charge is 0.545 e. The quantitative estimate of drug-likeness (QED) is 0.742. The summed E-state index contributed by atoms with van der Waals surface area (Å²) in [6.07, 6.45) is 1.81. The molecule has 1 fully saturated rings. The lowest BCUT2D eigenvalue weighted by Gasteiger charge is -2.09. The van der Waals surface area contributed by atoms with Gasteiger partial charge in [-0.25, -0.2) is 0 Å². The van der Waals surface area contributed by atoms with Crippen LogP contribution >= 0.6 is 11.8 Å². The van der Waals surface area contributed by atoms with Crippen molar-refractivity contribution in [2.75, 3.05) is 14.1 Å². The van der Waals surface area contributed by atoms with Gasteiger partial charge in [0.25, 0.3) is 5.91 Å². The van der Waals surface area contributed by atoms with Gasteiger partial charge in [0, 0.05) is 14.1 Å². The lowest BCUT2D eigenvalue weighted by atomic mass is 10.1. The van der Waals surface area contributed by atoms with E-state index < -0.39 is 5.97 Å². The van der Waals surface area contributed by atoms with Crippen LogP contribution in [0.1, 0.15) is 21.5 Å². The highest BCUT2D eigenvalue weighted by molar-refractivity contribution is 8.18. The minimum Gasteiger partial charge on any atom is -0.545 e. The fourth-order valence-electron chi connectivity index (χ4n) is 2.52. The van der Waals surface area contributed by atoms with Crippen molar-refractivity contribution < 1.29 is 19.4 Å². The molecule has 0 bridgehead atoms. The second-order valence-corrected chi connectivity index (χ2v) is 6.84. The van der Waals surface area contributed by atoms with Crippen molar-refractivity contribution in [3.8, 4) is 5.75 Å². The molecule has 0 radical (unpaired) electrons. The summed E-state index contributed by atoms with van der Waals surface area (Å²) in [6.45, 7) is 0.247. The van der Waals surface area contributed by atoms with Crippen LogP contribution in [0.5, 0.6) is 5.75 Å². The van der Waals surface area contributed by atoms with Gasteiger partial charge in [0.2, 0.25) is 0 Å². The smallest absolute Gasteiger partial charge is 0.266 e. The molecular weight excluding hydrogens is 364 g/mol.